The van der Waals surface area contributed by atoms with Gasteiger partial charge in [-0.1, -0.05) is 30.3 Å². The lowest BCUT2D eigenvalue weighted by Crippen LogP contribution is -2.51. The van der Waals surface area contributed by atoms with Crippen molar-refractivity contribution in [3.05, 3.63) is 65.7 Å². The van der Waals surface area contributed by atoms with Crippen LogP contribution in [0.1, 0.15) is 22.8 Å². The van der Waals surface area contributed by atoms with E-state index in [9.17, 15) is 14.4 Å². The third kappa shape index (κ3) is 6.15. The van der Waals surface area contributed by atoms with Crippen LogP contribution < -0.4 is 10.6 Å². The van der Waals surface area contributed by atoms with Gasteiger partial charge in [-0.05, 0) is 29.8 Å². The smallest absolute Gasteiger partial charge is 0.253 e. The van der Waals surface area contributed by atoms with Crippen molar-refractivity contribution in [3.8, 4) is 0 Å². The van der Waals surface area contributed by atoms with Crippen LogP contribution >= 0.6 is 0 Å². The predicted molar refractivity (Wildman–Crippen MR) is 111 cm³/mol. The minimum absolute atomic E-state index is 0.0119. The van der Waals surface area contributed by atoms with Crippen molar-refractivity contribution in [3.63, 3.8) is 0 Å². The lowest BCUT2D eigenvalue weighted by Gasteiger charge is -2.34. The zero-order valence-electron chi connectivity index (χ0n) is 16.6. The highest BCUT2D eigenvalue weighted by Crippen LogP contribution is 2.13. The third-order valence-corrected chi connectivity index (χ3v) is 4.81. The number of anilines is 1. The van der Waals surface area contributed by atoms with Gasteiger partial charge in [0.05, 0.1) is 6.54 Å². The Morgan fingerprint density at radius 3 is 2.17 bits per heavy atom. The molecule has 1 fully saturated rings. The molecule has 0 spiro atoms. The molecule has 1 aliphatic heterocycles. The highest BCUT2D eigenvalue weighted by atomic mass is 16.2. The fourth-order valence-electron chi connectivity index (χ4n) is 3.25. The van der Waals surface area contributed by atoms with E-state index in [4.69, 9.17) is 0 Å². The van der Waals surface area contributed by atoms with Gasteiger partial charge in [0.25, 0.3) is 5.91 Å². The van der Waals surface area contributed by atoms with Crippen molar-refractivity contribution >= 4 is 23.4 Å². The van der Waals surface area contributed by atoms with E-state index >= 15 is 0 Å². The van der Waals surface area contributed by atoms with Gasteiger partial charge in [0.15, 0.2) is 0 Å². The van der Waals surface area contributed by atoms with Crippen LogP contribution in [-0.4, -0.2) is 60.2 Å². The van der Waals surface area contributed by atoms with Crippen LogP contribution in [0.25, 0.3) is 0 Å². The molecular weight excluding hydrogens is 368 g/mol. The Hall–Kier alpha value is -3.19. The summed E-state index contributed by atoms with van der Waals surface area (Å²) >= 11 is 0. The van der Waals surface area contributed by atoms with Crippen LogP contribution in [0.15, 0.2) is 54.6 Å². The molecule has 3 amide bonds. The van der Waals surface area contributed by atoms with Crippen LogP contribution in [0.5, 0.6) is 0 Å². The van der Waals surface area contributed by atoms with Gasteiger partial charge in [0.2, 0.25) is 11.8 Å². The van der Waals surface area contributed by atoms with Gasteiger partial charge < -0.3 is 15.5 Å². The number of amides is 3. The Morgan fingerprint density at radius 1 is 0.897 bits per heavy atom. The first-order valence-corrected chi connectivity index (χ1v) is 9.71. The molecule has 0 bridgehead atoms. The number of piperazine rings is 1. The number of hydrogen-bond acceptors (Lipinski definition) is 4. The first-order chi connectivity index (χ1) is 14.0. The maximum absolute atomic E-state index is 12.7. The molecule has 0 unspecified atom stereocenters. The second-order valence-corrected chi connectivity index (χ2v) is 7.09. The fourth-order valence-corrected chi connectivity index (χ4v) is 3.25. The van der Waals surface area contributed by atoms with Gasteiger partial charge in [-0.25, -0.2) is 0 Å². The SMILES string of the molecule is CC(=O)Nc1ccc(C(=O)N2CCN(CC(=O)NCc3ccccc3)CC2)cc1. The van der Waals surface area contributed by atoms with Gasteiger partial charge in [0.1, 0.15) is 0 Å². The van der Waals surface area contributed by atoms with Crippen LogP contribution in [0.3, 0.4) is 0 Å². The summed E-state index contributed by atoms with van der Waals surface area (Å²) in [5.41, 5.74) is 2.33. The molecule has 0 aliphatic carbocycles. The Balaban J connectivity index is 1.43. The summed E-state index contributed by atoms with van der Waals surface area (Å²) in [5.74, 6) is -0.192. The molecule has 152 valence electrons. The molecule has 7 heteroatoms. The second kappa shape index (κ2) is 9.84. The molecule has 1 aliphatic rings. The topological polar surface area (TPSA) is 81.8 Å². The number of benzene rings is 2. The zero-order valence-corrected chi connectivity index (χ0v) is 16.6. The molecule has 2 aromatic carbocycles. The molecule has 0 atom stereocenters. The lowest BCUT2D eigenvalue weighted by atomic mass is 10.1. The van der Waals surface area contributed by atoms with E-state index in [0.717, 1.165) is 5.56 Å². The van der Waals surface area contributed by atoms with E-state index < -0.39 is 0 Å². The zero-order chi connectivity index (χ0) is 20.6. The quantitative estimate of drug-likeness (QED) is 0.782. The van der Waals surface area contributed by atoms with E-state index in [-0.39, 0.29) is 17.7 Å². The van der Waals surface area contributed by atoms with Crippen LogP contribution in [-0.2, 0) is 16.1 Å². The molecule has 2 aromatic rings. The van der Waals surface area contributed by atoms with Crippen LogP contribution in [0, 0.1) is 0 Å². The van der Waals surface area contributed by atoms with Gasteiger partial charge in [-0.15, -0.1) is 0 Å². The van der Waals surface area contributed by atoms with Crippen molar-refractivity contribution in [1.82, 2.24) is 15.1 Å². The number of carbonyl (C=O) groups is 3. The number of nitrogens with zero attached hydrogens (tertiary/aromatic N) is 2. The fraction of sp³-hybridized carbons (Fsp3) is 0.318. The summed E-state index contributed by atoms with van der Waals surface area (Å²) in [6.45, 7) is 4.78. The summed E-state index contributed by atoms with van der Waals surface area (Å²) in [4.78, 5) is 39.8. The maximum Gasteiger partial charge on any atom is 0.253 e. The number of nitrogens with one attached hydrogen (secondary N) is 2. The molecule has 1 heterocycles. The highest BCUT2D eigenvalue weighted by Gasteiger charge is 2.23. The molecule has 3 rings (SSSR count). The van der Waals surface area contributed by atoms with E-state index in [0.29, 0.717) is 50.5 Å². The average Bonchev–Trinajstić information content (AvgIpc) is 2.73. The van der Waals surface area contributed by atoms with Crippen molar-refractivity contribution in [2.45, 2.75) is 13.5 Å². The molecule has 2 N–H and O–H groups in total. The first kappa shape index (κ1) is 20.5. The van der Waals surface area contributed by atoms with Crippen LogP contribution in [0.2, 0.25) is 0 Å². The molecule has 0 radical (unpaired) electrons. The summed E-state index contributed by atoms with van der Waals surface area (Å²) in [6, 6.07) is 16.7. The largest absolute Gasteiger partial charge is 0.351 e. The minimum Gasteiger partial charge on any atom is -0.351 e. The second-order valence-electron chi connectivity index (χ2n) is 7.09. The van der Waals surface area contributed by atoms with Crippen LogP contribution in [0.4, 0.5) is 5.69 Å². The summed E-state index contributed by atoms with van der Waals surface area (Å²) in [7, 11) is 0. The van der Waals surface area contributed by atoms with E-state index in [1.165, 1.54) is 6.92 Å². The van der Waals surface area contributed by atoms with Gasteiger partial charge >= 0.3 is 0 Å². The maximum atomic E-state index is 12.7. The Labute approximate surface area is 170 Å². The normalized spacial score (nSPS) is 14.3. The monoisotopic (exact) mass is 394 g/mol. The summed E-state index contributed by atoms with van der Waals surface area (Å²) in [6.07, 6.45) is 0. The summed E-state index contributed by atoms with van der Waals surface area (Å²) < 4.78 is 0. The number of rotatable bonds is 6. The third-order valence-electron chi connectivity index (χ3n) is 4.81. The molecule has 29 heavy (non-hydrogen) atoms. The Morgan fingerprint density at radius 2 is 1.55 bits per heavy atom. The Kier molecular flexibility index (Phi) is 6.97. The lowest BCUT2D eigenvalue weighted by molar-refractivity contribution is -0.122. The predicted octanol–water partition coefficient (Wildman–Crippen LogP) is 1.72. The number of hydrogen-bond donors (Lipinski definition) is 2. The van der Waals surface area contributed by atoms with E-state index in [1.54, 1.807) is 29.2 Å². The van der Waals surface area contributed by atoms with E-state index in [2.05, 4.69) is 15.5 Å². The van der Waals surface area contributed by atoms with Crippen molar-refractivity contribution in [2.75, 3.05) is 38.0 Å². The van der Waals surface area contributed by atoms with E-state index in [1.807, 2.05) is 30.3 Å². The standard InChI is InChI=1S/C22H26N4O3/c1-17(27)24-20-9-7-19(8-10-20)22(29)26-13-11-25(12-14-26)16-21(28)23-15-18-5-3-2-4-6-18/h2-10H,11-16H2,1H3,(H,23,28)(H,24,27). The van der Waals surface area contributed by atoms with Gasteiger partial charge in [-0.2, -0.15) is 0 Å². The highest BCUT2D eigenvalue weighted by molar-refractivity contribution is 5.95. The van der Waals surface area contributed by atoms with Crippen molar-refractivity contribution < 1.29 is 14.4 Å². The molecule has 7 nitrogen and oxygen atoms in total. The van der Waals surface area contributed by atoms with Gasteiger partial charge in [0, 0.05) is 50.9 Å². The molecule has 1 saturated heterocycles. The average molecular weight is 394 g/mol. The Bertz CT molecular complexity index is 844. The molecule has 0 saturated carbocycles. The van der Waals surface area contributed by atoms with Gasteiger partial charge in [-0.3, -0.25) is 19.3 Å². The summed E-state index contributed by atoms with van der Waals surface area (Å²) in [5, 5.41) is 5.62. The minimum atomic E-state index is -0.145. The molecular formula is C22H26N4O3. The van der Waals surface area contributed by atoms with Crippen molar-refractivity contribution in [1.29, 1.82) is 0 Å². The molecule has 0 aromatic heterocycles. The number of carbonyl (C=O) groups excluding carboxylic acids is 3. The van der Waals surface area contributed by atoms with Crippen molar-refractivity contribution in [2.24, 2.45) is 0 Å². The first-order valence-electron chi connectivity index (χ1n) is 9.71.